The van der Waals surface area contributed by atoms with Crippen molar-refractivity contribution in [2.45, 2.75) is 38.6 Å². The molecular formula is C28H28ClN3O2. The molecule has 1 aliphatic heterocycles. The fraction of sp³-hybridized carbons (Fsp3) is 0.286. The smallest absolute Gasteiger partial charge is 0.227 e. The van der Waals surface area contributed by atoms with Gasteiger partial charge in [-0.3, -0.25) is 4.79 Å². The average Bonchev–Trinajstić information content (AvgIpc) is 3.43. The number of carbonyl (C=O) groups is 1. The first-order valence-electron chi connectivity index (χ1n) is 11.9. The van der Waals surface area contributed by atoms with Crippen LogP contribution >= 0.6 is 11.6 Å². The highest BCUT2D eigenvalue weighted by molar-refractivity contribution is 6.32. The summed E-state index contributed by atoms with van der Waals surface area (Å²) in [5.41, 5.74) is 4.28. The van der Waals surface area contributed by atoms with E-state index in [0.717, 1.165) is 41.9 Å². The highest BCUT2D eigenvalue weighted by Crippen LogP contribution is 2.33. The molecule has 1 amide bonds. The zero-order valence-electron chi connectivity index (χ0n) is 19.3. The van der Waals surface area contributed by atoms with Gasteiger partial charge in [0, 0.05) is 31.1 Å². The molecule has 0 N–H and O–H groups in total. The summed E-state index contributed by atoms with van der Waals surface area (Å²) in [6, 6.07) is 24.0. The molecule has 5 nitrogen and oxygen atoms in total. The van der Waals surface area contributed by atoms with Gasteiger partial charge in [0.1, 0.15) is 11.6 Å². The molecule has 1 atom stereocenters. The largest absolute Gasteiger partial charge is 0.492 e. The van der Waals surface area contributed by atoms with Gasteiger partial charge in [-0.1, -0.05) is 54.9 Å². The number of rotatable bonds is 8. The lowest BCUT2D eigenvalue weighted by Gasteiger charge is -2.18. The minimum Gasteiger partial charge on any atom is -0.492 e. The van der Waals surface area contributed by atoms with Crippen molar-refractivity contribution in [1.29, 1.82) is 0 Å². The van der Waals surface area contributed by atoms with E-state index in [1.165, 1.54) is 5.56 Å². The van der Waals surface area contributed by atoms with Crippen molar-refractivity contribution in [3.63, 3.8) is 0 Å². The molecule has 0 saturated carbocycles. The molecule has 0 spiro atoms. The van der Waals surface area contributed by atoms with Crippen LogP contribution in [0, 0.1) is 0 Å². The normalized spacial score (nSPS) is 15.9. The van der Waals surface area contributed by atoms with E-state index in [4.69, 9.17) is 21.3 Å². The van der Waals surface area contributed by atoms with Crippen LogP contribution in [0.4, 0.5) is 5.69 Å². The molecule has 4 aromatic rings. The molecule has 1 unspecified atom stereocenters. The predicted molar refractivity (Wildman–Crippen MR) is 137 cm³/mol. The maximum atomic E-state index is 12.9. The zero-order valence-corrected chi connectivity index (χ0v) is 20.0. The highest BCUT2D eigenvalue weighted by atomic mass is 35.5. The Labute approximate surface area is 204 Å². The van der Waals surface area contributed by atoms with E-state index in [2.05, 4.69) is 29.7 Å². The Morgan fingerprint density at radius 3 is 2.59 bits per heavy atom. The first-order chi connectivity index (χ1) is 16.6. The SMILES string of the molecule is CCc1ccc(N2CC(c3nc4ccccc4n3CCCOc3ccccc3Cl)CC2=O)cc1. The van der Waals surface area contributed by atoms with Crippen LogP contribution in [0.5, 0.6) is 5.75 Å². The summed E-state index contributed by atoms with van der Waals surface area (Å²) in [6.07, 6.45) is 2.26. The summed E-state index contributed by atoms with van der Waals surface area (Å²) in [7, 11) is 0. The number of hydrogen-bond acceptors (Lipinski definition) is 3. The van der Waals surface area contributed by atoms with E-state index in [9.17, 15) is 4.79 Å². The number of halogens is 1. The number of hydrogen-bond donors (Lipinski definition) is 0. The van der Waals surface area contributed by atoms with E-state index in [1.807, 2.05) is 59.5 Å². The molecule has 5 rings (SSSR count). The van der Waals surface area contributed by atoms with Crippen LogP contribution < -0.4 is 9.64 Å². The Hall–Kier alpha value is -3.31. The topological polar surface area (TPSA) is 47.4 Å². The molecule has 6 heteroatoms. The van der Waals surface area contributed by atoms with Gasteiger partial charge in [-0.2, -0.15) is 0 Å². The predicted octanol–water partition coefficient (Wildman–Crippen LogP) is 6.24. The van der Waals surface area contributed by atoms with Crippen molar-refractivity contribution in [2.24, 2.45) is 0 Å². The Morgan fingerprint density at radius 1 is 1.03 bits per heavy atom. The number of ether oxygens (including phenoxy) is 1. The Morgan fingerprint density at radius 2 is 1.79 bits per heavy atom. The fourth-order valence-corrected chi connectivity index (χ4v) is 4.84. The Kier molecular flexibility index (Phi) is 6.54. The second-order valence-corrected chi connectivity index (χ2v) is 9.08. The fourth-order valence-electron chi connectivity index (χ4n) is 4.65. The zero-order chi connectivity index (χ0) is 23.5. The van der Waals surface area contributed by atoms with Gasteiger partial charge in [-0.15, -0.1) is 0 Å². The lowest BCUT2D eigenvalue weighted by Crippen LogP contribution is -2.24. The Balaban J connectivity index is 1.34. The van der Waals surface area contributed by atoms with Crippen molar-refractivity contribution < 1.29 is 9.53 Å². The lowest BCUT2D eigenvalue weighted by molar-refractivity contribution is -0.117. The van der Waals surface area contributed by atoms with Gasteiger partial charge >= 0.3 is 0 Å². The van der Waals surface area contributed by atoms with Crippen LogP contribution in [0.15, 0.2) is 72.8 Å². The van der Waals surface area contributed by atoms with Gasteiger partial charge in [-0.05, 0) is 54.8 Å². The summed E-state index contributed by atoms with van der Waals surface area (Å²) < 4.78 is 8.15. The lowest BCUT2D eigenvalue weighted by atomic mass is 10.1. The minimum absolute atomic E-state index is 0.0511. The minimum atomic E-state index is 0.0511. The van der Waals surface area contributed by atoms with Crippen molar-refractivity contribution in [3.05, 3.63) is 89.2 Å². The molecule has 0 radical (unpaired) electrons. The number of aromatic nitrogens is 2. The van der Waals surface area contributed by atoms with E-state index < -0.39 is 0 Å². The standard InChI is InChI=1S/C28H28ClN3O2/c1-2-20-12-14-22(15-13-20)32-19-21(18-27(32)33)28-30-24-9-4-5-10-25(24)31(28)16-7-17-34-26-11-6-3-8-23(26)29/h3-6,8-15,21H,2,7,16-19H2,1H3. The molecule has 34 heavy (non-hydrogen) atoms. The van der Waals surface area contributed by atoms with Gasteiger partial charge in [0.05, 0.1) is 22.7 Å². The number of imidazole rings is 1. The molecule has 0 aliphatic carbocycles. The number of benzene rings is 3. The van der Waals surface area contributed by atoms with Gasteiger partial charge in [0.2, 0.25) is 5.91 Å². The molecule has 1 saturated heterocycles. The molecule has 174 valence electrons. The van der Waals surface area contributed by atoms with Gasteiger partial charge in [0.25, 0.3) is 0 Å². The number of carbonyl (C=O) groups excluding carboxylic acids is 1. The second-order valence-electron chi connectivity index (χ2n) is 8.67. The van der Waals surface area contributed by atoms with Crippen LogP contribution in [0.1, 0.15) is 37.1 Å². The van der Waals surface area contributed by atoms with E-state index in [-0.39, 0.29) is 11.8 Å². The van der Waals surface area contributed by atoms with Gasteiger partial charge in [0.15, 0.2) is 0 Å². The second kappa shape index (κ2) is 9.90. The van der Waals surface area contributed by atoms with Crippen LogP contribution in [0.3, 0.4) is 0 Å². The maximum absolute atomic E-state index is 12.9. The third kappa shape index (κ3) is 4.53. The molecular weight excluding hydrogens is 446 g/mol. The molecule has 0 bridgehead atoms. The summed E-state index contributed by atoms with van der Waals surface area (Å²) in [4.78, 5) is 19.8. The number of fused-ring (bicyclic) bond motifs is 1. The van der Waals surface area contributed by atoms with Crippen LogP contribution in [-0.4, -0.2) is 28.6 Å². The molecule has 1 fully saturated rings. The van der Waals surface area contributed by atoms with E-state index in [1.54, 1.807) is 0 Å². The molecule has 3 aromatic carbocycles. The quantitative estimate of drug-likeness (QED) is 0.284. The third-order valence-electron chi connectivity index (χ3n) is 6.45. The molecule has 2 heterocycles. The summed E-state index contributed by atoms with van der Waals surface area (Å²) in [6.45, 7) is 4.09. The highest BCUT2D eigenvalue weighted by Gasteiger charge is 2.34. The van der Waals surface area contributed by atoms with E-state index in [0.29, 0.717) is 30.3 Å². The van der Waals surface area contributed by atoms with E-state index >= 15 is 0 Å². The summed E-state index contributed by atoms with van der Waals surface area (Å²) >= 11 is 6.21. The van der Waals surface area contributed by atoms with Crippen molar-refractivity contribution in [2.75, 3.05) is 18.1 Å². The first kappa shape index (κ1) is 22.5. The van der Waals surface area contributed by atoms with Crippen molar-refractivity contribution >= 4 is 34.2 Å². The number of para-hydroxylation sites is 3. The monoisotopic (exact) mass is 473 g/mol. The van der Waals surface area contributed by atoms with Gasteiger partial charge < -0.3 is 14.2 Å². The van der Waals surface area contributed by atoms with Crippen LogP contribution in [-0.2, 0) is 17.8 Å². The number of amides is 1. The summed E-state index contributed by atoms with van der Waals surface area (Å²) in [5, 5.41) is 0.618. The number of nitrogens with zero attached hydrogens (tertiary/aromatic N) is 3. The molecule has 1 aromatic heterocycles. The van der Waals surface area contributed by atoms with Gasteiger partial charge in [-0.25, -0.2) is 4.98 Å². The molecule has 1 aliphatic rings. The number of anilines is 1. The van der Waals surface area contributed by atoms with Crippen molar-refractivity contribution in [3.8, 4) is 5.75 Å². The third-order valence-corrected chi connectivity index (χ3v) is 6.76. The van der Waals surface area contributed by atoms with Crippen LogP contribution in [0.25, 0.3) is 11.0 Å². The van der Waals surface area contributed by atoms with Crippen molar-refractivity contribution in [1.82, 2.24) is 9.55 Å². The average molecular weight is 474 g/mol. The summed E-state index contributed by atoms with van der Waals surface area (Å²) in [5.74, 6) is 1.87. The van der Waals surface area contributed by atoms with Crippen LogP contribution in [0.2, 0.25) is 5.02 Å². The number of aryl methyl sites for hydroxylation is 2. The maximum Gasteiger partial charge on any atom is 0.227 e. The Bertz CT molecular complexity index is 1300. The first-order valence-corrected chi connectivity index (χ1v) is 12.2.